The SMILES string of the molecule is CC1CCC(N(C(=O)Nc2ncc(S)s2)C2CCC2)CC1. The molecule has 2 amide bonds. The van der Waals surface area contributed by atoms with Crippen LogP contribution in [0.15, 0.2) is 10.4 Å². The Morgan fingerprint density at radius 3 is 2.48 bits per heavy atom. The number of urea groups is 1. The second-order valence-corrected chi connectivity index (χ2v) is 8.15. The van der Waals surface area contributed by atoms with Crippen molar-refractivity contribution in [2.75, 3.05) is 5.32 Å². The Morgan fingerprint density at radius 1 is 1.29 bits per heavy atom. The summed E-state index contributed by atoms with van der Waals surface area (Å²) < 4.78 is 0.826. The molecule has 3 rings (SSSR count). The van der Waals surface area contributed by atoms with Crippen molar-refractivity contribution < 1.29 is 4.79 Å². The number of carbonyl (C=O) groups excluding carboxylic acids is 1. The minimum Gasteiger partial charge on any atom is -0.319 e. The van der Waals surface area contributed by atoms with Gasteiger partial charge in [0, 0.05) is 12.1 Å². The number of rotatable bonds is 3. The van der Waals surface area contributed by atoms with E-state index in [9.17, 15) is 4.79 Å². The predicted octanol–water partition coefficient (Wildman–Crippen LogP) is 4.40. The van der Waals surface area contributed by atoms with Crippen LogP contribution in [0.1, 0.15) is 51.9 Å². The molecule has 116 valence electrons. The Bertz CT molecular complexity index is 493. The van der Waals surface area contributed by atoms with Crippen LogP contribution in [-0.4, -0.2) is 28.0 Å². The van der Waals surface area contributed by atoms with Gasteiger partial charge in [0.1, 0.15) is 0 Å². The van der Waals surface area contributed by atoms with Crippen LogP contribution in [-0.2, 0) is 0 Å². The maximum atomic E-state index is 12.7. The van der Waals surface area contributed by atoms with Crippen molar-refractivity contribution in [2.45, 2.75) is 68.2 Å². The topological polar surface area (TPSA) is 45.2 Å². The highest BCUT2D eigenvalue weighted by Crippen LogP contribution is 2.34. The van der Waals surface area contributed by atoms with Gasteiger partial charge in [-0.05, 0) is 50.9 Å². The fraction of sp³-hybridized carbons (Fsp3) is 0.733. The van der Waals surface area contributed by atoms with Crippen molar-refractivity contribution in [1.29, 1.82) is 0 Å². The number of anilines is 1. The Labute approximate surface area is 135 Å². The van der Waals surface area contributed by atoms with Crippen molar-refractivity contribution in [3.05, 3.63) is 6.20 Å². The first kappa shape index (κ1) is 15.2. The normalized spacial score (nSPS) is 26.2. The van der Waals surface area contributed by atoms with Gasteiger partial charge >= 0.3 is 6.03 Å². The highest BCUT2D eigenvalue weighted by molar-refractivity contribution is 7.83. The average molecular weight is 326 g/mol. The summed E-state index contributed by atoms with van der Waals surface area (Å²) in [7, 11) is 0. The van der Waals surface area contributed by atoms with Crippen LogP contribution in [0.5, 0.6) is 0 Å². The third-order valence-corrected chi connectivity index (χ3v) is 5.89. The van der Waals surface area contributed by atoms with Gasteiger partial charge in [-0.3, -0.25) is 5.32 Å². The van der Waals surface area contributed by atoms with Gasteiger partial charge in [0.15, 0.2) is 5.13 Å². The summed E-state index contributed by atoms with van der Waals surface area (Å²) in [6.45, 7) is 2.31. The monoisotopic (exact) mass is 325 g/mol. The standard InChI is InChI=1S/C15H23N3OS2/c1-10-5-7-12(8-6-10)18(11-3-2-4-11)15(19)17-14-16-9-13(20)21-14/h9-12,20H,2-8H2,1H3,(H,16,17,19). The zero-order valence-corrected chi connectivity index (χ0v) is 14.1. The van der Waals surface area contributed by atoms with E-state index < -0.39 is 0 Å². The Kier molecular flexibility index (Phi) is 4.74. The van der Waals surface area contributed by atoms with E-state index in [0.29, 0.717) is 17.2 Å². The molecule has 2 saturated carbocycles. The van der Waals surface area contributed by atoms with Crippen molar-refractivity contribution >= 4 is 35.1 Å². The van der Waals surface area contributed by atoms with Crippen LogP contribution in [0.25, 0.3) is 0 Å². The van der Waals surface area contributed by atoms with Gasteiger partial charge in [0.05, 0.1) is 10.4 Å². The molecule has 1 N–H and O–H groups in total. The van der Waals surface area contributed by atoms with Gasteiger partial charge in [0.2, 0.25) is 0 Å². The number of nitrogens with zero attached hydrogens (tertiary/aromatic N) is 2. The fourth-order valence-electron chi connectivity index (χ4n) is 3.29. The minimum absolute atomic E-state index is 0.0296. The van der Waals surface area contributed by atoms with E-state index in [2.05, 4.69) is 34.8 Å². The van der Waals surface area contributed by atoms with E-state index in [1.807, 2.05) is 0 Å². The van der Waals surface area contributed by atoms with Crippen molar-refractivity contribution in [3.63, 3.8) is 0 Å². The average Bonchev–Trinajstić information content (AvgIpc) is 2.80. The molecule has 2 aliphatic rings. The summed E-state index contributed by atoms with van der Waals surface area (Å²) in [5.74, 6) is 0.804. The first-order valence-corrected chi connectivity index (χ1v) is 9.14. The molecular formula is C15H23N3OS2. The van der Waals surface area contributed by atoms with Crippen molar-refractivity contribution in [2.24, 2.45) is 5.92 Å². The highest BCUT2D eigenvalue weighted by Gasteiger charge is 2.35. The van der Waals surface area contributed by atoms with Crippen LogP contribution >= 0.6 is 24.0 Å². The third-order valence-electron chi connectivity index (χ3n) is 4.79. The number of hydrogen-bond acceptors (Lipinski definition) is 4. The Morgan fingerprint density at radius 2 is 1.95 bits per heavy atom. The van der Waals surface area contributed by atoms with Gasteiger partial charge in [0.25, 0.3) is 0 Å². The van der Waals surface area contributed by atoms with Gasteiger partial charge in [-0.1, -0.05) is 18.3 Å². The van der Waals surface area contributed by atoms with Gasteiger partial charge in [-0.2, -0.15) is 0 Å². The molecule has 1 aromatic rings. The lowest BCUT2D eigenvalue weighted by Gasteiger charge is -2.44. The van der Waals surface area contributed by atoms with Crippen molar-refractivity contribution in [1.82, 2.24) is 9.88 Å². The number of amides is 2. The quantitative estimate of drug-likeness (QED) is 0.809. The first-order valence-electron chi connectivity index (χ1n) is 7.87. The smallest absolute Gasteiger partial charge is 0.319 e. The molecule has 0 unspecified atom stereocenters. The molecule has 0 atom stereocenters. The van der Waals surface area contributed by atoms with E-state index >= 15 is 0 Å². The molecule has 4 nitrogen and oxygen atoms in total. The van der Waals surface area contributed by atoms with Gasteiger partial charge < -0.3 is 4.90 Å². The second-order valence-electron chi connectivity index (χ2n) is 6.34. The molecule has 0 aliphatic heterocycles. The molecular weight excluding hydrogens is 302 g/mol. The van der Waals surface area contributed by atoms with Crippen LogP contribution in [0.4, 0.5) is 9.93 Å². The second kappa shape index (κ2) is 6.57. The number of thiol groups is 1. The molecule has 0 spiro atoms. The fourth-order valence-corrected chi connectivity index (χ4v) is 4.16. The number of aromatic nitrogens is 1. The maximum Gasteiger partial charge on any atom is 0.324 e. The molecule has 1 aromatic heterocycles. The molecule has 6 heteroatoms. The number of nitrogens with one attached hydrogen (secondary N) is 1. The molecule has 0 radical (unpaired) electrons. The summed E-state index contributed by atoms with van der Waals surface area (Å²) >= 11 is 5.66. The summed E-state index contributed by atoms with van der Waals surface area (Å²) in [5.41, 5.74) is 0. The maximum absolute atomic E-state index is 12.7. The molecule has 2 aliphatic carbocycles. The summed E-state index contributed by atoms with van der Waals surface area (Å²) in [5, 5.41) is 3.62. The van der Waals surface area contributed by atoms with Crippen LogP contribution in [0, 0.1) is 5.92 Å². The van der Waals surface area contributed by atoms with E-state index in [0.717, 1.165) is 35.8 Å². The summed E-state index contributed by atoms with van der Waals surface area (Å²) in [6.07, 6.45) is 9.97. The summed E-state index contributed by atoms with van der Waals surface area (Å²) in [4.78, 5) is 19.0. The highest BCUT2D eigenvalue weighted by atomic mass is 32.2. The van der Waals surface area contributed by atoms with E-state index in [1.54, 1.807) is 6.20 Å². The first-order chi connectivity index (χ1) is 10.1. The van der Waals surface area contributed by atoms with Gasteiger partial charge in [-0.25, -0.2) is 9.78 Å². The van der Waals surface area contributed by atoms with Crippen LogP contribution < -0.4 is 5.32 Å². The minimum atomic E-state index is 0.0296. The lowest BCUT2D eigenvalue weighted by Crippen LogP contribution is -2.52. The molecule has 0 bridgehead atoms. The molecule has 0 saturated heterocycles. The van der Waals surface area contributed by atoms with E-state index in [4.69, 9.17) is 0 Å². The lowest BCUT2D eigenvalue weighted by molar-refractivity contribution is 0.0881. The zero-order valence-electron chi connectivity index (χ0n) is 12.4. The largest absolute Gasteiger partial charge is 0.324 e. The van der Waals surface area contributed by atoms with Gasteiger partial charge in [-0.15, -0.1) is 12.6 Å². The lowest BCUT2D eigenvalue weighted by atomic mass is 9.83. The van der Waals surface area contributed by atoms with E-state index in [-0.39, 0.29) is 6.03 Å². The van der Waals surface area contributed by atoms with Crippen molar-refractivity contribution in [3.8, 4) is 0 Å². The molecule has 2 fully saturated rings. The Hall–Kier alpha value is -0.750. The number of carbonyl (C=O) groups is 1. The third kappa shape index (κ3) is 3.54. The Balaban J connectivity index is 1.68. The molecule has 0 aromatic carbocycles. The number of hydrogen-bond donors (Lipinski definition) is 2. The predicted molar refractivity (Wildman–Crippen MR) is 89.3 cm³/mol. The molecule has 1 heterocycles. The summed E-state index contributed by atoms with van der Waals surface area (Å²) in [6, 6.07) is 0.864. The zero-order chi connectivity index (χ0) is 14.8. The van der Waals surface area contributed by atoms with E-state index in [1.165, 1.54) is 30.6 Å². The van der Waals surface area contributed by atoms with Crippen LogP contribution in [0.3, 0.4) is 0 Å². The number of thiazole rings is 1. The molecule has 21 heavy (non-hydrogen) atoms. The van der Waals surface area contributed by atoms with Crippen LogP contribution in [0.2, 0.25) is 0 Å².